The van der Waals surface area contributed by atoms with E-state index in [0.717, 1.165) is 6.42 Å². The first-order chi connectivity index (χ1) is 21.1. The van der Waals surface area contributed by atoms with Gasteiger partial charge in [0.1, 0.15) is 22.8 Å². The lowest BCUT2D eigenvalue weighted by atomic mass is 9.66. The number of likely N-dealkylation sites (tertiary alicyclic amines) is 1. The Morgan fingerprint density at radius 3 is 2.62 bits per heavy atom. The van der Waals surface area contributed by atoms with Gasteiger partial charge in [0.2, 0.25) is 0 Å². The van der Waals surface area contributed by atoms with Crippen molar-refractivity contribution in [3.63, 3.8) is 0 Å². The van der Waals surface area contributed by atoms with E-state index in [1.165, 1.54) is 23.1 Å². The number of anilines is 2. The van der Waals surface area contributed by atoms with Crippen molar-refractivity contribution in [1.82, 2.24) is 9.62 Å². The molecule has 7 N–H and O–H groups in total. The standard InChI is InChI=1S/C29H37N5O9S2/c1-17(2)10-11-29(3)21-7-5-4-6-20(21)25(36)24(26(29)37)27-31-22-9-8-18(14-23(22)44(39,40)33-27)32-45(41,42)30-12-13-43-28(38)34-15-19(35)16-34/h4-9,14,17,19,30,32,35-36,39-40H,10-13,15-16H2,1-3H3,(H,31,33). The average Bonchev–Trinajstić information content (AvgIpc) is 2.95. The second kappa shape index (κ2) is 12.3. The zero-order valence-electron chi connectivity index (χ0n) is 25.0. The molecule has 1 fully saturated rings. The van der Waals surface area contributed by atoms with Crippen molar-refractivity contribution < 1.29 is 42.1 Å². The normalized spacial score (nSPS) is 21.7. The van der Waals surface area contributed by atoms with Crippen LogP contribution in [0.15, 0.2) is 57.3 Å². The van der Waals surface area contributed by atoms with Gasteiger partial charge in [0.05, 0.1) is 36.0 Å². The molecule has 5 rings (SSSR count). The van der Waals surface area contributed by atoms with E-state index in [2.05, 4.69) is 33.0 Å². The molecule has 45 heavy (non-hydrogen) atoms. The molecule has 1 unspecified atom stereocenters. The van der Waals surface area contributed by atoms with Gasteiger partial charge >= 0.3 is 6.09 Å². The first-order valence-electron chi connectivity index (χ1n) is 14.4. The zero-order chi connectivity index (χ0) is 32.7. The van der Waals surface area contributed by atoms with Crippen molar-refractivity contribution in [2.75, 3.05) is 36.3 Å². The number of nitrogens with zero attached hydrogens (tertiary/aromatic N) is 2. The van der Waals surface area contributed by atoms with Crippen LogP contribution in [0.2, 0.25) is 0 Å². The predicted molar refractivity (Wildman–Crippen MR) is 171 cm³/mol. The van der Waals surface area contributed by atoms with E-state index in [0.29, 0.717) is 23.5 Å². The maximum atomic E-state index is 14.1. The number of aliphatic hydroxyl groups is 2. The molecule has 16 heteroatoms. The monoisotopic (exact) mass is 663 g/mol. The van der Waals surface area contributed by atoms with Crippen molar-refractivity contribution in [3.8, 4) is 0 Å². The molecule has 1 atom stereocenters. The van der Waals surface area contributed by atoms with Crippen molar-refractivity contribution in [3.05, 3.63) is 59.2 Å². The van der Waals surface area contributed by atoms with Gasteiger partial charge in [-0.05, 0) is 49.4 Å². The zero-order valence-corrected chi connectivity index (χ0v) is 26.6. The lowest BCUT2D eigenvalue weighted by Crippen LogP contribution is -2.53. The molecule has 2 aromatic rings. The molecule has 1 amide bonds. The number of ether oxygens (including phenoxy) is 1. The van der Waals surface area contributed by atoms with Gasteiger partial charge in [-0.2, -0.15) is 13.1 Å². The smallest absolute Gasteiger partial charge is 0.409 e. The molecule has 0 saturated carbocycles. The number of hydrogen-bond donors (Lipinski definition) is 7. The summed E-state index contributed by atoms with van der Waals surface area (Å²) in [6.07, 6.45) is -0.0112. The summed E-state index contributed by atoms with van der Waals surface area (Å²) in [5.41, 5.74) is 0.122. The van der Waals surface area contributed by atoms with Gasteiger partial charge in [0.25, 0.3) is 10.2 Å². The first-order valence-corrected chi connectivity index (χ1v) is 17.3. The Morgan fingerprint density at radius 1 is 1.22 bits per heavy atom. The van der Waals surface area contributed by atoms with Crippen LogP contribution >= 0.6 is 10.8 Å². The van der Waals surface area contributed by atoms with E-state index in [1.807, 2.05) is 13.0 Å². The predicted octanol–water partition coefficient (Wildman–Crippen LogP) is 3.84. The van der Waals surface area contributed by atoms with Crippen LogP contribution in [-0.4, -0.2) is 82.7 Å². The number of β-amino-alcohol motifs (C(OH)–C–C–N with tert-alkyl or cyclic N) is 1. The summed E-state index contributed by atoms with van der Waals surface area (Å²) in [7, 11) is -8.11. The number of nitrogens with one attached hydrogen (secondary N) is 3. The number of hydrogen-bond acceptors (Lipinski definition) is 11. The van der Waals surface area contributed by atoms with E-state index in [-0.39, 0.29) is 59.7 Å². The van der Waals surface area contributed by atoms with Crippen molar-refractivity contribution in [2.24, 2.45) is 10.3 Å². The molecular weight excluding hydrogens is 626 g/mol. The van der Waals surface area contributed by atoms with Gasteiger partial charge in [0.15, 0.2) is 11.6 Å². The third kappa shape index (κ3) is 6.66. The van der Waals surface area contributed by atoms with Crippen LogP contribution in [0.1, 0.15) is 44.7 Å². The quantitative estimate of drug-likeness (QED) is 0.183. The van der Waals surface area contributed by atoms with Gasteiger partial charge in [-0.3, -0.25) is 18.6 Å². The topological polar surface area (TPSA) is 210 Å². The van der Waals surface area contributed by atoms with E-state index in [4.69, 9.17) is 4.74 Å². The van der Waals surface area contributed by atoms with Crippen molar-refractivity contribution in [1.29, 1.82) is 0 Å². The molecule has 2 aromatic carbocycles. The molecule has 0 aromatic heterocycles. The molecular formula is C29H37N5O9S2. The summed E-state index contributed by atoms with van der Waals surface area (Å²) in [5.74, 6) is -0.620. The number of carbonyl (C=O) groups excluding carboxylic acids is 2. The van der Waals surface area contributed by atoms with Crippen LogP contribution in [0.25, 0.3) is 5.76 Å². The highest BCUT2D eigenvalue weighted by Crippen LogP contribution is 2.57. The van der Waals surface area contributed by atoms with Gasteiger partial charge in [-0.25, -0.2) is 4.79 Å². The fourth-order valence-electron chi connectivity index (χ4n) is 5.41. The van der Waals surface area contributed by atoms with Gasteiger partial charge in [0, 0.05) is 12.1 Å². The van der Waals surface area contributed by atoms with Gasteiger partial charge in [-0.1, -0.05) is 48.9 Å². The number of benzene rings is 2. The molecule has 2 heterocycles. The number of rotatable bonds is 10. The Kier molecular flexibility index (Phi) is 8.91. The number of amidine groups is 1. The maximum Gasteiger partial charge on any atom is 0.409 e. The minimum Gasteiger partial charge on any atom is -0.506 e. The van der Waals surface area contributed by atoms with Crippen LogP contribution in [-0.2, 0) is 25.2 Å². The molecule has 2 aliphatic heterocycles. The van der Waals surface area contributed by atoms with E-state index in [1.54, 1.807) is 18.2 Å². The largest absolute Gasteiger partial charge is 0.506 e. The fraction of sp³-hybridized carbons (Fsp3) is 0.414. The van der Waals surface area contributed by atoms with Crippen molar-refractivity contribution >= 4 is 55.8 Å². The van der Waals surface area contributed by atoms with Gasteiger partial charge in [-0.15, -0.1) is 4.40 Å². The Hall–Kier alpha value is -3.67. The van der Waals surface area contributed by atoms with Crippen LogP contribution in [0.5, 0.6) is 0 Å². The van der Waals surface area contributed by atoms with E-state index in [9.17, 15) is 37.3 Å². The summed E-state index contributed by atoms with van der Waals surface area (Å²) in [5, 5.41) is 23.5. The summed E-state index contributed by atoms with van der Waals surface area (Å²) in [4.78, 5) is 27.0. The lowest BCUT2D eigenvalue weighted by Gasteiger charge is -2.39. The second-order valence-corrected chi connectivity index (χ2v) is 15.0. The van der Waals surface area contributed by atoms with Crippen LogP contribution in [0, 0.1) is 5.92 Å². The fourth-order valence-corrected chi connectivity index (χ4v) is 7.46. The number of Topliss-reactive ketones (excluding diaryl/α,β-unsaturated/α-hetero) is 1. The molecule has 3 aliphatic rings. The number of aliphatic hydroxyl groups excluding tert-OH is 2. The summed E-state index contributed by atoms with van der Waals surface area (Å²) in [6.45, 7) is 5.75. The van der Waals surface area contributed by atoms with Crippen LogP contribution < -0.4 is 14.8 Å². The molecule has 0 radical (unpaired) electrons. The number of ketones is 1. The molecule has 14 nitrogen and oxygen atoms in total. The summed E-state index contributed by atoms with van der Waals surface area (Å²) >= 11 is 0. The molecule has 1 saturated heterocycles. The van der Waals surface area contributed by atoms with Crippen molar-refractivity contribution in [2.45, 2.75) is 50.0 Å². The number of amides is 1. The Morgan fingerprint density at radius 2 is 1.93 bits per heavy atom. The van der Waals surface area contributed by atoms with Crippen LogP contribution in [0.3, 0.4) is 0 Å². The van der Waals surface area contributed by atoms with Gasteiger partial charge < -0.3 is 25.2 Å². The van der Waals surface area contributed by atoms with E-state index >= 15 is 0 Å². The molecule has 0 spiro atoms. The minimum absolute atomic E-state index is 0.0146. The third-order valence-corrected chi connectivity index (χ3v) is 10.4. The highest BCUT2D eigenvalue weighted by molar-refractivity contribution is 8.23. The Bertz CT molecular complexity index is 1690. The Labute approximate surface area is 262 Å². The number of fused-ring (bicyclic) bond motifs is 2. The summed E-state index contributed by atoms with van der Waals surface area (Å²) < 4.78 is 60.8. The molecule has 0 bridgehead atoms. The average molecular weight is 664 g/mol. The second-order valence-electron chi connectivity index (χ2n) is 11.8. The Balaban J connectivity index is 1.33. The lowest BCUT2D eigenvalue weighted by molar-refractivity contribution is -0.120. The highest BCUT2D eigenvalue weighted by Gasteiger charge is 2.46. The number of carbonyl (C=O) groups is 2. The highest BCUT2D eigenvalue weighted by atomic mass is 32.3. The maximum absolute atomic E-state index is 14.1. The van der Waals surface area contributed by atoms with E-state index < -0.39 is 44.4 Å². The summed E-state index contributed by atoms with van der Waals surface area (Å²) in [6, 6.07) is 11.0. The minimum atomic E-state index is -4.15. The molecule has 1 aliphatic carbocycles. The SMILES string of the molecule is CC(C)CCC1(C)C(=O)C(C2=NS(O)(O)c3cc(NS(=O)(=O)NCCOC(=O)N4CC(O)C4)ccc3N2)=C(O)c2ccccc21. The van der Waals surface area contributed by atoms with Crippen LogP contribution in [0.4, 0.5) is 16.2 Å². The molecule has 244 valence electrons. The third-order valence-electron chi connectivity index (χ3n) is 7.94. The first kappa shape index (κ1) is 32.7.